The summed E-state index contributed by atoms with van der Waals surface area (Å²) in [4.78, 5) is 10.7. The Hall–Kier alpha value is -1.39. The standard InChI is InChI=1S/C11H15NO2.H3N/c1-9(13)14-11(2,12)8-10-6-4-3-5-7-10;/h3-7H,8,12H2,1-2H3;1H3/t11-;/m1./s1. The average Bonchev–Trinajstić information content (AvgIpc) is 2.02. The SMILES string of the molecule is CC(=O)O[C@@](C)(N)Cc1ccccc1.N. The van der Waals surface area contributed by atoms with E-state index in [0.29, 0.717) is 6.42 Å². The second-order valence-corrected chi connectivity index (χ2v) is 3.57. The van der Waals surface area contributed by atoms with Gasteiger partial charge in [0.2, 0.25) is 0 Å². The first-order chi connectivity index (χ1) is 6.49. The molecule has 1 atom stereocenters. The van der Waals surface area contributed by atoms with E-state index in [1.165, 1.54) is 6.92 Å². The van der Waals surface area contributed by atoms with Crippen LogP contribution in [0.3, 0.4) is 0 Å². The first kappa shape index (κ1) is 13.6. The molecule has 15 heavy (non-hydrogen) atoms. The summed E-state index contributed by atoms with van der Waals surface area (Å²) in [6.07, 6.45) is 0.521. The summed E-state index contributed by atoms with van der Waals surface area (Å²) in [5.74, 6) is -0.356. The summed E-state index contributed by atoms with van der Waals surface area (Å²) in [5.41, 5.74) is 5.94. The van der Waals surface area contributed by atoms with E-state index in [0.717, 1.165) is 5.56 Å². The molecule has 84 valence electrons. The molecule has 0 amide bonds. The Morgan fingerprint density at radius 1 is 1.40 bits per heavy atom. The van der Waals surface area contributed by atoms with Crippen molar-refractivity contribution >= 4 is 5.97 Å². The van der Waals surface area contributed by atoms with Crippen LogP contribution < -0.4 is 11.9 Å². The Labute approximate surface area is 90.0 Å². The summed E-state index contributed by atoms with van der Waals surface area (Å²) in [7, 11) is 0. The monoisotopic (exact) mass is 210 g/mol. The molecule has 0 spiro atoms. The van der Waals surface area contributed by atoms with Crippen LogP contribution in [0.15, 0.2) is 30.3 Å². The second kappa shape index (κ2) is 5.48. The molecule has 0 aliphatic heterocycles. The summed E-state index contributed by atoms with van der Waals surface area (Å²) in [6.45, 7) is 3.05. The molecule has 5 N–H and O–H groups in total. The molecule has 4 nitrogen and oxygen atoms in total. The van der Waals surface area contributed by atoms with Crippen molar-refractivity contribution in [2.75, 3.05) is 0 Å². The minimum atomic E-state index is -0.923. The maximum absolute atomic E-state index is 10.7. The van der Waals surface area contributed by atoms with Crippen LogP contribution in [0.4, 0.5) is 0 Å². The molecule has 1 aromatic carbocycles. The minimum absolute atomic E-state index is 0. The Morgan fingerprint density at radius 2 is 1.93 bits per heavy atom. The lowest BCUT2D eigenvalue weighted by Gasteiger charge is -2.24. The van der Waals surface area contributed by atoms with Crippen molar-refractivity contribution in [3.63, 3.8) is 0 Å². The van der Waals surface area contributed by atoms with Gasteiger partial charge in [0.1, 0.15) is 0 Å². The van der Waals surface area contributed by atoms with E-state index in [1.54, 1.807) is 6.92 Å². The number of carbonyl (C=O) groups is 1. The van der Waals surface area contributed by atoms with E-state index in [4.69, 9.17) is 10.5 Å². The molecule has 0 aliphatic carbocycles. The van der Waals surface area contributed by atoms with Crippen LogP contribution in [0, 0.1) is 0 Å². The Kier molecular flexibility index (Phi) is 4.97. The maximum atomic E-state index is 10.7. The molecule has 0 heterocycles. The molecule has 0 fully saturated rings. The van der Waals surface area contributed by atoms with Crippen LogP contribution in [0.2, 0.25) is 0 Å². The summed E-state index contributed by atoms with van der Waals surface area (Å²) < 4.78 is 4.98. The van der Waals surface area contributed by atoms with Crippen LogP contribution in [0.1, 0.15) is 19.4 Å². The van der Waals surface area contributed by atoms with Crippen molar-refractivity contribution in [2.45, 2.75) is 26.0 Å². The lowest BCUT2D eigenvalue weighted by molar-refractivity contribution is -0.154. The van der Waals surface area contributed by atoms with E-state index in [2.05, 4.69) is 0 Å². The first-order valence-electron chi connectivity index (χ1n) is 4.52. The van der Waals surface area contributed by atoms with E-state index in [-0.39, 0.29) is 12.1 Å². The third-order valence-electron chi connectivity index (χ3n) is 1.77. The minimum Gasteiger partial charge on any atom is -0.444 e. The van der Waals surface area contributed by atoms with E-state index >= 15 is 0 Å². The van der Waals surface area contributed by atoms with Gasteiger partial charge in [0.05, 0.1) is 0 Å². The number of ether oxygens (including phenoxy) is 1. The number of carbonyl (C=O) groups excluding carboxylic acids is 1. The smallest absolute Gasteiger partial charge is 0.304 e. The fourth-order valence-corrected chi connectivity index (χ4v) is 1.37. The van der Waals surface area contributed by atoms with Gasteiger partial charge in [-0.1, -0.05) is 30.3 Å². The maximum Gasteiger partial charge on any atom is 0.304 e. The lowest BCUT2D eigenvalue weighted by Crippen LogP contribution is -2.42. The van der Waals surface area contributed by atoms with Gasteiger partial charge < -0.3 is 10.9 Å². The highest BCUT2D eigenvalue weighted by molar-refractivity contribution is 5.66. The van der Waals surface area contributed by atoms with E-state index < -0.39 is 5.72 Å². The third kappa shape index (κ3) is 5.15. The number of hydrogen-bond acceptors (Lipinski definition) is 4. The van der Waals surface area contributed by atoms with Crippen molar-refractivity contribution in [3.05, 3.63) is 35.9 Å². The molecular weight excluding hydrogens is 192 g/mol. The van der Waals surface area contributed by atoms with Gasteiger partial charge in [-0.15, -0.1) is 0 Å². The molecular formula is C11H18N2O2. The zero-order chi connectivity index (χ0) is 10.6. The predicted molar refractivity (Wildman–Crippen MR) is 59.5 cm³/mol. The molecule has 0 radical (unpaired) electrons. The molecule has 0 bridgehead atoms. The normalized spacial score (nSPS) is 13.5. The number of hydrogen-bond donors (Lipinski definition) is 2. The van der Waals surface area contributed by atoms with Gasteiger partial charge >= 0.3 is 5.97 Å². The molecule has 0 aliphatic rings. The van der Waals surface area contributed by atoms with Crippen molar-refractivity contribution < 1.29 is 9.53 Å². The number of esters is 1. The van der Waals surface area contributed by atoms with Crippen LogP contribution in [0.5, 0.6) is 0 Å². The second-order valence-electron chi connectivity index (χ2n) is 3.57. The molecule has 0 saturated carbocycles. The van der Waals surface area contributed by atoms with E-state index in [1.807, 2.05) is 30.3 Å². The summed E-state index contributed by atoms with van der Waals surface area (Å²) in [6, 6.07) is 9.70. The number of rotatable bonds is 3. The van der Waals surface area contributed by atoms with Gasteiger partial charge in [0.15, 0.2) is 5.72 Å². The molecule has 4 heteroatoms. The zero-order valence-electron chi connectivity index (χ0n) is 9.19. The van der Waals surface area contributed by atoms with Gasteiger partial charge in [0, 0.05) is 13.3 Å². The highest BCUT2D eigenvalue weighted by Gasteiger charge is 2.21. The highest BCUT2D eigenvalue weighted by atomic mass is 16.6. The van der Waals surface area contributed by atoms with Gasteiger partial charge in [0.25, 0.3) is 0 Å². The Bertz CT molecular complexity index is 310. The van der Waals surface area contributed by atoms with Crippen molar-refractivity contribution in [1.29, 1.82) is 0 Å². The fourth-order valence-electron chi connectivity index (χ4n) is 1.37. The van der Waals surface area contributed by atoms with Crippen LogP contribution in [0.25, 0.3) is 0 Å². The van der Waals surface area contributed by atoms with Crippen molar-refractivity contribution in [3.8, 4) is 0 Å². The van der Waals surface area contributed by atoms with Crippen LogP contribution >= 0.6 is 0 Å². The Balaban J connectivity index is 0.00000196. The van der Waals surface area contributed by atoms with Crippen LogP contribution in [-0.2, 0) is 16.0 Å². The Morgan fingerprint density at radius 3 is 2.40 bits per heavy atom. The quantitative estimate of drug-likeness (QED) is 0.586. The fraction of sp³-hybridized carbons (Fsp3) is 0.364. The topological polar surface area (TPSA) is 87.3 Å². The van der Waals surface area contributed by atoms with Gasteiger partial charge in [-0.2, -0.15) is 0 Å². The summed E-state index contributed by atoms with van der Waals surface area (Å²) in [5, 5.41) is 0. The van der Waals surface area contributed by atoms with Gasteiger partial charge in [-0.25, -0.2) is 0 Å². The molecule has 1 rings (SSSR count). The van der Waals surface area contributed by atoms with Gasteiger partial charge in [-0.05, 0) is 12.5 Å². The first-order valence-corrected chi connectivity index (χ1v) is 4.52. The molecule has 1 aromatic rings. The lowest BCUT2D eigenvalue weighted by atomic mass is 10.1. The largest absolute Gasteiger partial charge is 0.444 e. The molecule has 0 saturated heterocycles. The molecule has 0 aromatic heterocycles. The zero-order valence-corrected chi connectivity index (χ0v) is 9.19. The number of benzene rings is 1. The third-order valence-corrected chi connectivity index (χ3v) is 1.77. The molecule has 0 unspecified atom stereocenters. The highest BCUT2D eigenvalue weighted by Crippen LogP contribution is 2.11. The summed E-state index contributed by atoms with van der Waals surface area (Å²) >= 11 is 0. The van der Waals surface area contributed by atoms with Crippen molar-refractivity contribution in [2.24, 2.45) is 5.73 Å². The van der Waals surface area contributed by atoms with Gasteiger partial charge in [-0.3, -0.25) is 10.5 Å². The van der Waals surface area contributed by atoms with E-state index in [9.17, 15) is 4.79 Å². The number of nitrogens with two attached hydrogens (primary N) is 1. The average molecular weight is 210 g/mol. The van der Waals surface area contributed by atoms with Crippen LogP contribution in [-0.4, -0.2) is 11.7 Å². The van der Waals surface area contributed by atoms with Crippen molar-refractivity contribution in [1.82, 2.24) is 6.15 Å². The predicted octanol–water partition coefficient (Wildman–Crippen LogP) is 1.63.